The smallest absolute Gasteiger partial charge is 0.263 e. The Morgan fingerprint density at radius 3 is 2.64 bits per heavy atom. The quantitative estimate of drug-likeness (QED) is 0.342. The second-order valence-corrected chi connectivity index (χ2v) is 9.73. The zero-order chi connectivity index (χ0) is 25.4. The first-order valence-corrected chi connectivity index (χ1v) is 12.2. The van der Waals surface area contributed by atoms with E-state index in [9.17, 15) is 13.2 Å². The lowest BCUT2D eigenvalue weighted by atomic mass is 10.1. The zero-order valence-corrected chi connectivity index (χ0v) is 20.0. The number of hydrogen-bond donors (Lipinski definition) is 1. The Kier molecular flexibility index (Phi) is 5.94. The number of pyridine rings is 2. The minimum Gasteiger partial charge on any atom is -0.495 e. The van der Waals surface area contributed by atoms with E-state index < -0.39 is 21.4 Å². The molecule has 12 heteroatoms. The molecule has 0 atom stereocenters. The summed E-state index contributed by atoms with van der Waals surface area (Å²) in [6, 6.07) is 12.5. The molecule has 0 spiro atoms. The molecule has 0 fully saturated rings. The third-order valence-corrected chi connectivity index (χ3v) is 6.94. The van der Waals surface area contributed by atoms with E-state index in [-0.39, 0.29) is 27.7 Å². The van der Waals surface area contributed by atoms with Crippen molar-refractivity contribution in [3.63, 3.8) is 0 Å². The number of rotatable bonds is 6. The number of hydrogen-bond acceptors (Lipinski definition) is 7. The maximum absolute atomic E-state index is 15.3. The molecule has 2 aromatic carbocycles. The molecule has 36 heavy (non-hydrogen) atoms. The lowest BCUT2D eigenvalue weighted by molar-refractivity contribution is 0.412. The highest BCUT2D eigenvalue weighted by atomic mass is 35.5. The molecule has 0 aliphatic heterocycles. The van der Waals surface area contributed by atoms with Crippen molar-refractivity contribution in [2.75, 3.05) is 11.8 Å². The number of ether oxygens (including phenoxy) is 1. The average Bonchev–Trinajstić information content (AvgIpc) is 3.36. The first-order chi connectivity index (χ1) is 17.3. The van der Waals surface area contributed by atoms with Gasteiger partial charge < -0.3 is 9.26 Å². The molecular weight excluding hydrogens is 511 g/mol. The number of halogens is 2. The van der Waals surface area contributed by atoms with Gasteiger partial charge in [0.15, 0.2) is 5.82 Å². The predicted octanol–water partition coefficient (Wildman–Crippen LogP) is 4.64. The predicted molar refractivity (Wildman–Crippen MR) is 132 cm³/mol. The molecule has 0 saturated heterocycles. The van der Waals surface area contributed by atoms with Crippen molar-refractivity contribution in [1.82, 2.24) is 14.7 Å². The number of nitrogens with zero attached hydrogens (tertiary/aromatic N) is 3. The Morgan fingerprint density at radius 2 is 1.92 bits per heavy atom. The Labute approximate surface area is 208 Å². The van der Waals surface area contributed by atoms with Gasteiger partial charge >= 0.3 is 0 Å². The number of anilines is 1. The van der Waals surface area contributed by atoms with E-state index in [4.69, 9.17) is 16.3 Å². The van der Waals surface area contributed by atoms with Gasteiger partial charge in [0, 0.05) is 47.1 Å². The van der Waals surface area contributed by atoms with Crippen LogP contribution in [0.5, 0.6) is 5.75 Å². The summed E-state index contributed by atoms with van der Waals surface area (Å²) in [5, 5.41) is 4.30. The largest absolute Gasteiger partial charge is 0.495 e. The summed E-state index contributed by atoms with van der Waals surface area (Å²) in [6.07, 6.45) is 4.13. The first-order valence-electron chi connectivity index (χ1n) is 10.3. The molecule has 0 aliphatic carbocycles. The molecule has 5 aromatic rings. The Hall–Kier alpha value is -4.22. The highest BCUT2D eigenvalue weighted by Crippen LogP contribution is 2.34. The van der Waals surface area contributed by atoms with Gasteiger partial charge in [0.1, 0.15) is 17.8 Å². The highest BCUT2D eigenvalue weighted by Gasteiger charge is 2.20. The fourth-order valence-corrected chi connectivity index (χ4v) is 4.96. The minimum atomic E-state index is -3.98. The van der Waals surface area contributed by atoms with Crippen LogP contribution >= 0.6 is 11.6 Å². The van der Waals surface area contributed by atoms with Gasteiger partial charge in [-0.15, -0.1) is 0 Å². The van der Waals surface area contributed by atoms with E-state index in [0.717, 1.165) is 0 Å². The average molecular weight is 527 g/mol. The molecular formula is C24H16ClFN4O5S. The summed E-state index contributed by atoms with van der Waals surface area (Å²) in [6.45, 7) is 0. The highest BCUT2D eigenvalue weighted by molar-refractivity contribution is 7.92. The van der Waals surface area contributed by atoms with Crippen LogP contribution in [0.3, 0.4) is 0 Å². The summed E-state index contributed by atoms with van der Waals surface area (Å²) < 4.78 is 54.5. The van der Waals surface area contributed by atoms with Gasteiger partial charge in [-0.25, -0.2) is 12.8 Å². The second kappa shape index (κ2) is 9.10. The number of nitrogens with one attached hydrogen (secondary N) is 1. The van der Waals surface area contributed by atoms with Crippen molar-refractivity contribution >= 4 is 38.3 Å². The molecule has 0 radical (unpaired) electrons. The zero-order valence-electron chi connectivity index (χ0n) is 18.5. The van der Waals surface area contributed by atoms with E-state index in [1.807, 2.05) is 0 Å². The van der Waals surface area contributed by atoms with E-state index >= 15 is 4.39 Å². The van der Waals surface area contributed by atoms with Crippen molar-refractivity contribution < 1.29 is 22.1 Å². The summed E-state index contributed by atoms with van der Waals surface area (Å²) in [5.41, 5.74) is 0.642. The third-order valence-electron chi connectivity index (χ3n) is 5.38. The molecule has 0 aliphatic rings. The Balaban J connectivity index is 1.65. The third kappa shape index (κ3) is 4.30. The molecule has 0 saturated carbocycles. The van der Waals surface area contributed by atoms with Crippen LogP contribution in [0.15, 0.2) is 87.5 Å². The number of fused-ring (bicyclic) bond motifs is 1. The van der Waals surface area contributed by atoms with E-state index in [1.165, 1.54) is 78.9 Å². The van der Waals surface area contributed by atoms with Crippen LogP contribution in [-0.2, 0) is 10.0 Å². The number of methoxy groups -OCH3 is 1. The van der Waals surface area contributed by atoms with Crippen LogP contribution in [0.2, 0.25) is 5.02 Å². The molecule has 9 nitrogen and oxygen atoms in total. The van der Waals surface area contributed by atoms with Gasteiger partial charge in [-0.3, -0.25) is 19.1 Å². The Morgan fingerprint density at radius 1 is 1.08 bits per heavy atom. The standard InChI is InChI=1S/C24H16ClFN4O5S/c1-34-22-10-18(15-8-16(25)13-27-12-15)19(26)11-21(22)30-20-4-3-17(9-14(20)2-5-24(30)31)36(32,33)29-23-6-7-35-28-23/h2-13H,1H3,(H,28,29). The van der Waals surface area contributed by atoms with Gasteiger partial charge in [-0.05, 0) is 36.4 Å². The number of benzene rings is 2. The van der Waals surface area contributed by atoms with Crippen LogP contribution in [0.4, 0.5) is 10.2 Å². The molecule has 3 aromatic heterocycles. The van der Waals surface area contributed by atoms with E-state index in [0.29, 0.717) is 21.5 Å². The molecule has 0 bridgehead atoms. The number of sulfonamides is 1. The maximum atomic E-state index is 15.3. The van der Waals surface area contributed by atoms with Crippen LogP contribution in [0.1, 0.15) is 0 Å². The van der Waals surface area contributed by atoms with Gasteiger partial charge in [0.25, 0.3) is 15.6 Å². The topological polar surface area (TPSA) is 116 Å². The molecule has 0 unspecified atom stereocenters. The normalized spacial score (nSPS) is 11.5. The lowest BCUT2D eigenvalue weighted by Gasteiger charge is -2.16. The van der Waals surface area contributed by atoms with E-state index in [1.54, 1.807) is 6.07 Å². The molecule has 0 amide bonds. The monoisotopic (exact) mass is 526 g/mol. The van der Waals surface area contributed by atoms with Crippen molar-refractivity contribution in [2.45, 2.75) is 4.90 Å². The van der Waals surface area contributed by atoms with E-state index in [2.05, 4.69) is 19.4 Å². The summed E-state index contributed by atoms with van der Waals surface area (Å²) >= 11 is 6.00. The first kappa shape index (κ1) is 23.5. The minimum absolute atomic E-state index is 0.0234. The van der Waals surface area contributed by atoms with Gasteiger partial charge in [-0.2, -0.15) is 0 Å². The fraction of sp³-hybridized carbons (Fsp3) is 0.0417. The van der Waals surface area contributed by atoms with Crippen molar-refractivity contribution in [1.29, 1.82) is 0 Å². The van der Waals surface area contributed by atoms with Crippen molar-refractivity contribution in [3.05, 3.63) is 94.4 Å². The Bertz CT molecular complexity index is 1770. The van der Waals surface area contributed by atoms with Crippen LogP contribution in [0, 0.1) is 5.82 Å². The van der Waals surface area contributed by atoms with Gasteiger partial charge in [0.2, 0.25) is 0 Å². The lowest BCUT2D eigenvalue weighted by Crippen LogP contribution is -2.19. The maximum Gasteiger partial charge on any atom is 0.263 e. The SMILES string of the molecule is COc1cc(-c2cncc(Cl)c2)c(F)cc1-n1c(=O)ccc2cc(S(=O)(=O)Nc3ccon3)ccc21. The summed E-state index contributed by atoms with van der Waals surface area (Å²) in [5.74, 6) is -0.393. The molecule has 5 rings (SSSR count). The van der Waals surface area contributed by atoms with Crippen LogP contribution < -0.4 is 15.0 Å². The van der Waals surface area contributed by atoms with Crippen molar-refractivity contribution in [2.24, 2.45) is 0 Å². The molecule has 3 heterocycles. The van der Waals surface area contributed by atoms with Gasteiger partial charge in [0.05, 0.1) is 28.2 Å². The van der Waals surface area contributed by atoms with Crippen LogP contribution in [0.25, 0.3) is 27.7 Å². The number of aromatic nitrogens is 3. The summed E-state index contributed by atoms with van der Waals surface area (Å²) in [7, 11) is -2.59. The fourth-order valence-electron chi connectivity index (χ4n) is 3.76. The van der Waals surface area contributed by atoms with Gasteiger partial charge in [-0.1, -0.05) is 16.8 Å². The van der Waals surface area contributed by atoms with Crippen LogP contribution in [-0.4, -0.2) is 30.2 Å². The molecule has 182 valence electrons. The second-order valence-electron chi connectivity index (χ2n) is 7.61. The summed E-state index contributed by atoms with van der Waals surface area (Å²) in [4.78, 5) is 16.8. The molecule has 1 N–H and O–H groups in total. The van der Waals surface area contributed by atoms with Crippen molar-refractivity contribution in [3.8, 4) is 22.6 Å².